The van der Waals surface area contributed by atoms with Crippen molar-refractivity contribution in [3.8, 4) is 5.75 Å². The van der Waals surface area contributed by atoms with Crippen molar-refractivity contribution in [2.75, 3.05) is 18.8 Å². The zero-order valence-electron chi connectivity index (χ0n) is 12.5. The number of hydrogen-bond acceptors (Lipinski definition) is 3. The number of carbonyl (C=O) groups is 1. The van der Waals surface area contributed by atoms with Gasteiger partial charge in [-0.1, -0.05) is 19.9 Å². The molecule has 20 heavy (non-hydrogen) atoms. The molecule has 0 spiro atoms. The van der Waals surface area contributed by atoms with Gasteiger partial charge in [-0.2, -0.15) is 0 Å². The van der Waals surface area contributed by atoms with Crippen molar-refractivity contribution in [3.05, 3.63) is 24.3 Å². The number of hydrogen-bond donors (Lipinski definition) is 1. The molecule has 2 N–H and O–H groups in total. The Hall–Kier alpha value is -1.71. The molecular weight excluding hydrogens is 252 g/mol. The lowest BCUT2D eigenvalue weighted by molar-refractivity contribution is -0.140. The van der Waals surface area contributed by atoms with Crippen LogP contribution in [-0.4, -0.2) is 30.0 Å². The summed E-state index contributed by atoms with van der Waals surface area (Å²) in [6, 6.07) is 7.19. The molecule has 0 bridgehead atoms. The molecule has 1 heterocycles. The Labute approximate surface area is 120 Å². The van der Waals surface area contributed by atoms with E-state index in [4.69, 9.17) is 10.5 Å². The third-order valence-electron chi connectivity index (χ3n) is 3.70. The highest BCUT2D eigenvalue weighted by Crippen LogP contribution is 2.22. The molecule has 1 saturated heterocycles. The third kappa shape index (κ3) is 3.65. The first-order chi connectivity index (χ1) is 9.45. The van der Waals surface area contributed by atoms with Crippen LogP contribution >= 0.6 is 0 Å². The van der Waals surface area contributed by atoms with Gasteiger partial charge >= 0.3 is 0 Å². The van der Waals surface area contributed by atoms with Crippen LogP contribution in [0, 0.1) is 11.8 Å². The van der Waals surface area contributed by atoms with E-state index >= 15 is 0 Å². The summed E-state index contributed by atoms with van der Waals surface area (Å²) in [4.78, 5) is 14.4. The maximum atomic E-state index is 12.4. The number of rotatable bonds is 3. The smallest absolute Gasteiger partial charge is 0.263 e. The van der Waals surface area contributed by atoms with Crippen LogP contribution in [0.15, 0.2) is 24.3 Å². The number of nitrogens with zero attached hydrogens (tertiary/aromatic N) is 1. The monoisotopic (exact) mass is 276 g/mol. The number of carbonyl (C=O) groups excluding carboxylic acids is 1. The third-order valence-corrected chi connectivity index (χ3v) is 3.70. The fourth-order valence-corrected chi connectivity index (χ4v) is 2.94. The molecule has 0 aromatic heterocycles. The van der Waals surface area contributed by atoms with Gasteiger partial charge in [-0.3, -0.25) is 4.79 Å². The Bertz CT molecular complexity index is 465. The summed E-state index contributed by atoms with van der Waals surface area (Å²) >= 11 is 0. The van der Waals surface area contributed by atoms with E-state index in [0.29, 0.717) is 23.3 Å². The maximum Gasteiger partial charge on any atom is 0.263 e. The Morgan fingerprint density at radius 1 is 1.35 bits per heavy atom. The molecule has 1 amide bonds. The summed E-state index contributed by atoms with van der Waals surface area (Å²) in [5.41, 5.74) is 6.36. The van der Waals surface area contributed by atoms with Gasteiger partial charge in [0.25, 0.3) is 5.91 Å². The van der Waals surface area contributed by atoms with E-state index in [1.165, 1.54) is 6.42 Å². The van der Waals surface area contributed by atoms with Crippen LogP contribution < -0.4 is 10.5 Å². The molecule has 2 rings (SSSR count). The predicted octanol–water partition coefficient (Wildman–Crippen LogP) is 2.54. The number of ether oxygens (including phenoxy) is 1. The van der Waals surface area contributed by atoms with E-state index in [-0.39, 0.29) is 5.91 Å². The standard InChI is InChI=1S/C16H24N2O2/c1-11-7-12(2)10-18(9-11)16(19)13(3)20-15-6-4-5-14(17)8-15/h4-6,8,11-13H,7,9-10,17H2,1-3H3/t11-,12+,13-/m1/s1. The first-order valence-corrected chi connectivity index (χ1v) is 7.26. The van der Waals surface area contributed by atoms with E-state index < -0.39 is 6.10 Å². The maximum absolute atomic E-state index is 12.4. The van der Waals surface area contributed by atoms with Gasteiger partial charge in [0.2, 0.25) is 0 Å². The van der Waals surface area contributed by atoms with Gasteiger partial charge in [0, 0.05) is 24.8 Å². The van der Waals surface area contributed by atoms with Crippen molar-refractivity contribution in [2.45, 2.75) is 33.3 Å². The molecule has 110 valence electrons. The van der Waals surface area contributed by atoms with Gasteiger partial charge in [-0.25, -0.2) is 0 Å². The van der Waals surface area contributed by atoms with Crippen LogP contribution in [-0.2, 0) is 4.79 Å². The first kappa shape index (κ1) is 14.7. The lowest BCUT2D eigenvalue weighted by Crippen LogP contribution is -2.47. The number of nitrogens with two attached hydrogens (primary N) is 1. The van der Waals surface area contributed by atoms with Crippen molar-refractivity contribution in [1.82, 2.24) is 4.90 Å². The largest absolute Gasteiger partial charge is 0.481 e. The SMILES string of the molecule is C[C@@H]1C[C@H](C)CN(C(=O)[C@@H](C)Oc2cccc(N)c2)C1. The lowest BCUT2D eigenvalue weighted by atomic mass is 9.91. The number of amides is 1. The Morgan fingerprint density at radius 2 is 2.00 bits per heavy atom. The Balaban J connectivity index is 1.98. The Morgan fingerprint density at radius 3 is 2.60 bits per heavy atom. The number of piperidine rings is 1. The number of anilines is 1. The minimum atomic E-state index is -0.478. The molecule has 4 nitrogen and oxygen atoms in total. The fourth-order valence-electron chi connectivity index (χ4n) is 2.94. The molecule has 4 heteroatoms. The minimum Gasteiger partial charge on any atom is -0.481 e. The molecule has 0 saturated carbocycles. The van der Waals surface area contributed by atoms with Crippen molar-refractivity contribution >= 4 is 11.6 Å². The highest BCUT2D eigenvalue weighted by atomic mass is 16.5. The first-order valence-electron chi connectivity index (χ1n) is 7.26. The second-order valence-corrected chi connectivity index (χ2v) is 6.02. The summed E-state index contributed by atoms with van der Waals surface area (Å²) < 4.78 is 5.71. The zero-order chi connectivity index (χ0) is 14.7. The van der Waals surface area contributed by atoms with Gasteiger partial charge in [0.1, 0.15) is 5.75 Å². The zero-order valence-corrected chi connectivity index (χ0v) is 12.5. The van der Waals surface area contributed by atoms with Gasteiger partial charge in [0.15, 0.2) is 6.10 Å². The summed E-state index contributed by atoms with van der Waals surface area (Å²) in [5.74, 6) is 1.82. The van der Waals surface area contributed by atoms with Crippen molar-refractivity contribution in [3.63, 3.8) is 0 Å². The van der Waals surface area contributed by atoms with E-state index in [1.807, 2.05) is 17.0 Å². The average molecular weight is 276 g/mol. The van der Waals surface area contributed by atoms with Crippen LogP contribution in [0.25, 0.3) is 0 Å². The Kier molecular flexibility index (Phi) is 4.53. The van der Waals surface area contributed by atoms with Crippen LogP contribution in [0.2, 0.25) is 0 Å². The molecule has 0 aliphatic carbocycles. The average Bonchev–Trinajstić information content (AvgIpc) is 2.36. The van der Waals surface area contributed by atoms with E-state index in [0.717, 1.165) is 13.1 Å². The second kappa shape index (κ2) is 6.16. The normalized spacial score (nSPS) is 24.2. The highest BCUT2D eigenvalue weighted by molar-refractivity contribution is 5.81. The molecular formula is C16H24N2O2. The van der Waals surface area contributed by atoms with Crippen LogP contribution in [0.4, 0.5) is 5.69 Å². The van der Waals surface area contributed by atoms with Crippen molar-refractivity contribution in [2.24, 2.45) is 11.8 Å². The number of benzene rings is 1. The van der Waals surface area contributed by atoms with Gasteiger partial charge in [0.05, 0.1) is 0 Å². The molecule has 0 unspecified atom stereocenters. The van der Waals surface area contributed by atoms with Crippen LogP contribution in [0.5, 0.6) is 5.75 Å². The molecule has 1 aromatic carbocycles. The van der Waals surface area contributed by atoms with E-state index in [1.54, 1.807) is 19.1 Å². The lowest BCUT2D eigenvalue weighted by Gasteiger charge is -2.36. The summed E-state index contributed by atoms with van der Waals surface area (Å²) in [6.45, 7) is 7.84. The summed E-state index contributed by atoms with van der Waals surface area (Å²) in [6.07, 6.45) is 0.711. The molecule has 1 aliphatic heterocycles. The summed E-state index contributed by atoms with van der Waals surface area (Å²) in [7, 11) is 0. The second-order valence-electron chi connectivity index (χ2n) is 6.02. The van der Waals surface area contributed by atoms with Gasteiger partial charge in [-0.05, 0) is 37.3 Å². The minimum absolute atomic E-state index is 0.0609. The fraction of sp³-hybridized carbons (Fsp3) is 0.562. The summed E-state index contributed by atoms with van der Waals surface area (Å²) in [5, 5.41) is 0. The van der Waals surface area contributed by atoms with E-state index in [2.05, 4.69) is 13.8 Å². The van der Waals surface area contributed by atoms with Gasteiger partial charge in [-0.15, -0.1) is 0 Å². The van der Waals surface area contributed by atoms with E-state index in [9.17, 15) is 4.79 Å². The van der Waals surface area contributed by atoms with Crippen LogP contribution in [0.3, 0.4) is 0 Å². The molecule has 1 aliphatic rings. The number of nitrogen functional groups attached to an aromatic ring is 1. The molecule has 3 atom stereocenters. The van der Waals surface area contributed by atoms with Gasteiger partial charge < -0.3 is 15.4 Å². The quantitative estimate of drug-likeness (QED) is 0.863. The molecule has 0 radical (unpaired) electrons. The highest BCUT2D eigenvalue weighted by Gasteiger charge is 2.29. The molecule has 1 aromatic rings. The number of likely N-dealkylation sites (tertiary alicyclic amines) is 1. The van der Waals surface area contributed by atoms with Crippen molar-refractivity contribution in [1.29, 1.82) is 0 Å². The van der Waals surface area contributed by atoms with Crippen molar-refractivity contribution < 1.29 is 9.53 Å². The molecule has 1 fully saturated rings. The van der Waals surface area contributed by atoms with Crippen LogP contribution in [0.1, 0.15) is 27.2 Å². The topological polar surface area (TPSA) is 55.6 Å². The predicted molar refractivity (Wildman–Crippen MR) is 80.5 cm³/mol.